The minimum atomic E-state index is 0.237. The molecule has 2 heteroatoms. The van der Waals surface area contributed by atoms with Crippen molar-refractivity contribution in [2.24, 2.45) is 0 Å². The van der Waals surface area contributed by atoms with Crippen molar-refractivity contribution in [1.29, 1.82) is 0 Å². The van der Waals surface area contributed by atoms with E-state index in [1.54, 1.807) is 0 Å². The third-order valence-electron chi connectivity index (χ3n) is 4.01. The van der Waals surface area contributed by atoms with Gasteiger partial charge in [-0.2, -0.15) is 0 Å². The first-order valence-corrected chi connectivity index (χ1v) is 6.93. The Kier molecular flexibility index (Phi) is 3.67. The van der Waals surface area contributed by atoms with Gasteiger partial charge in [0, 0.05) is 24.3 Å². The summed E-state index contributed by atoms with van der Waals surface area (Å²) in [7, 11) is 2.20. The number of likely N-dealkylation sites (tertiary alicyclic amines) is 1. The van der Waals surface area contributed by atoms with Gasteiger partial charge in [-0.1, -0.05) is 32.9 Å². The molecule has 100 valence electrons. The summed E-state index contributed by atoms with van der Waals surface area (Å²) in [6.07, 6.45) is 1.23. The summed E-state index contributed by atoms with van der Waals surface area (Å²) in [6, 6.07) is 10.2. The molecule has 1 saturated heterocycles. The van der Waals surface area contributed by atoms with Gasteiger partial charge in [0.2, 0.25) is 0 Å². The molecule has 1 aromatic rings. The molecule has 0 aliphatic carbocycles. The summed E-state index contributed by atoms with van der Waals surface area (Å²) < 4.78 is 0. The monoisotopic (exact) mass is 246 g/mol. The Morgan fingerprint density at radius 2 is 1.78 bits per heavy atom. The number of hydrogen-bond acceptors (Lipinski definition) is 2. The molecule has 1 aromatic carbocycles. The third kappa shape index (κ3) is 3.05. The van der Waals surface area contributed by atoms with Crippen molar-refractivity contribution in [1.82, 2.24) is 4.90 Å². The first-order chi connectivity index (χ1) is 8.36. The van der Waals surface area contributed by atoms with Crippen molar-refractivity contribution in [2.75, 3.05) is 18.9 Å². The van der Waals surface area contributed by atoms with E-state index >= 15 is 0 Å². The lowest BCUT2D eigenvalue weighted by Crippen LogP contribution is -2.24. The number of benzene rings is 1. The molecule has 0 amide bonds. The fourth-order valence-corrected chi connectivity index (χ4v) is 2.60. The maximum absolute atomic E-state index is 3.64. The number of nitrogens with zero attached hydrogens (tertiary/aromatic N) is 1. The SMILES string of the molecule is CC1CC(Nc2ccc(C(C)(C)C)cc2)CN1C. The molecular formula is C16H26N2. The first kappa shape index (κ1) is 13.4. The number of hydrogen-bond donors (Lipinski definition) is 1. The predicted octanol–water partition coefficient (Wildman–Crippen LogP) is 3.49. The van der Waals surface area contributed by atoms with Crippen LogP contribution in [0.3, 0.4) is 0 Å². The largest absolute Gasteiger partial charge is 0.381 e. The van der Waals surface area contributed by atoms with Crippen molar-refractivity contribution in [3.8, 4) is 0 Å². The van der Waals surface area contributed by atoms with Crippen molar-refractivity contribution in [3.05, 3.63) is 29.8 Å². The Bertz CT molecular complexity index is 379. The second-order valence-electron chi connectivity index (χ2n) is 6.69. The summed E-state index contributed by atoms with van der Waals surface area (Å²) in [4.78, 5) is 2.42. The molecule has 1 N–H and O–H groups in total. The fraction of sp³-hybridized carbons (Fsp3) is 0.625. The summed E-state index contributed by atoms with van der Waals surface area (Å²) in [6.45, 7) is 10.2. The van der Waals surface area contributed by atoms with Crippen LogP contribution in [0.25, 0.3) is 0 Å². The van der Waals surface area contributed by atoms with E-state index < -0.39 is 0 Å². The van der Waals surface area contributed by atoms with Gasteiger partial charge >= 0.3 is 0 Å². The molecule has 0 aromatic heterocycles. The van der Waals surface area contributed by atoms with Gasteiger partial charge in [-0.3, -0.25) is 0 Å². The molecule has 0 saturated carbocycles. The van der Waals surface area contributed by atoms with Crippen molar-refractivity contribution in [2.45, 2.75) is 51.6 Å². The van der Waals surface area contributed by atoms with Gasteiger partial charge in [-0.05, 0) is 43.5 Å². The van der Waals surface area contributed by atoms with Gasteiger partial charge in [0.1, 0.15) is 0 Å². The normalized spacial score (nSPS) is 25.4. The van der Waals surface area contributed by atoms with Gasteiger partial charge < -0.3 is 10.2 Å². The highest BCUT2D eigenvalue weighted by Crippen LogP contribution is 2.25. The Balaban J connectivity index is 1.99. The molecule has 2 rings (SSSR count). The van der Waals surface area contributed by atoms with Crippen LogP contribution < -0.4 is 5.32 Å². The maximum Gasteiger partial charge on any atom is 0.0403 e. The zero-order valence-electron chi connectivity index (χ0n) is 12.3. The van der Waals surface area contributed by atoms with Gasteiger partial charge in [-0.15, -0.1) is 0 Å². The summed E-state index contributed by atoms with van der Waals surface area (Å²) >= 11 is 0. The second-order valence-corrected chi connectivity index (χ2v) is 6.69. The van der Waals surface area contributed by atoms with Crippen molar-refractivity contribution >= 4 is 5.69 Å². The Hall–Kier alpha value is -1.02. The molecule has 2 unspecified atom stereocenters. The zero-order valence-corrected chi connectivity index (χ0v) is 12.3. The number of anilines is 1. The predicted molar refractivity (Wildman–Crippen MR) is 79.3 cm³/mol. The van der Waals surface area contributed by atoms with Crippen molar-refractivity contribution < 1.29 is 0 Å². The molecular weight excluding hydrogens is 220 g/mol. The topological polar surface area (TPSA) is 15.3 Å². The lowest BCUT2D eigenvalue weighted by Gasteiger charge is -2.20. The highest BCUT2D eigenvalue weighted by Gasteiger charge is 2.25. The number of rotatable bonds is 2. The third-order valence-corrected chi connectivity index (χ3v) is 4.01. The molecule has 1 aliphatic heterocycles. The van der Waals surface area contributed by atoms with E-state index in [2.05, 4.69) is 69.2 Å². The second kappa shape index (κ2) is 4.93. The number of nitrogens with one attached hydrogen (secondary N) is 1. The van der Waals surface area contributed by atoms with Crippen LogP contribution in [0.4, 0.5) is 5.69 Å². The minimum Gasteiger partial charge on any atom is -0.381 e. The molecule has 2 nitrogen and oxygen atoms in total. The summed E-state index contributed by atoms with van der Waals surface area (Å²) in [5.74, 6) is 0. The maximum atomic E-state index is 3.64. The van der Waals surface area contributed by atoms with E-state index in [4.69, 9.17) is 0 Å². The van der Waals surface area contributed by atoms with Crippen LogP contribution in [0, 0.1) is 0 Å². The van der Waals surface area contributed by atoms with Crippen LogP contribution >= 0.6 is 0 Å². The van der Waals surface area contributed by atoms with Crippen LogP contribution in [-0.2, 0) is 5.41 Å². The van der Waals surface area contributed by atoms with Crippen molar-refractivity contribution in [3.63, 3.8) is 0 Å². The quantitative estimate of drug-likeness (QED) is 0.859. The summed E-state index contributed by atoms with van der Waals surface area (Å²) in [5.41, 5.74) is 2.88. The Labute approximate surface area is 111 Å². The van der Waals surface area contributed by atoms with Crippen LogP contribution in [-0.4, -0.2) is 30.6 Å². The van der Waals surface area contributed by atoms with Gasteiger partial charge in [0.25, 0.3) is 0 Å². The minimum absolute atomic E-state index is 0.237. The molecule has 1 fully saturated rings. The van der Waals surface area contributed by atoms with Crippen LogP contribution in [0.5, 0.6) is 0 Å². The Morgan fingerprint density at radius 1 is 1.17 bits per heavy atom. The molecule has 1 aliphatic rings. The summed E-state index contributed by atoms with van der Waals surface area (Å²) in [5, 5.41) is 3.64. The van der Waals surface area contributed by atoms with Gasteiger partial charge in [0.15, 0.2) is 0 Å². The molecule has 2 atom stereocenters. The van der Waals surface area contributed by atoms with E-state index in [0.29, 0.717) is 12.1 Å². The van der Waals surface area contributed by atoms with Crippen LogP contribution in [0.1, 0.15) is 39.7 Å². The van der Waals surface area contributed by atoms with E-state index in [0.717, 1.165) is 6.54 Å². The lowest BCUT2D eigenvalue weighted by molar-refractivity contribution is 0.330. The molecule has 18 heavy (non-hydrogen) atoms. The average molecular weight is 246 g/mol. The van der Waals surface area contributed by atoms with E-state index in [9.17, 15) is 0 Å². The zero-order chi connectivity index (χ0) is 13.3. The standard InChI is InChI=1S/C16H26N2/c1-12-10-15(11-18(12)5)17-14-8-6-13(7-9-14)16(2,3)4/h6-9,12,15,17H,10-11H2,1-5H3. The lowest BCUT2D eigenvalue weighted by atomic mass is 9.87. The van der Waals surface area contributed by atoms with Gasteiger partial charge in [0.05, 0.1) is 0 Å². The highest BCUT2D eigenvalue weighted by atomic mass is 15.2. The smallest absolute Gasteiger partial charge is 0.0403 e. The van der Waals surface area contributed by atoms with Gasteiger partial charge in [-0.25, -0.2) is 0 Å². The molecule has 1 heterocycles. The Morgan fingerprint density at radius 3 is 2.22 bits per heavy atom. The molecule has 0 bridgehead atoms. The average Bonchev–Trinajstić information content (AvgIpc) is 2.57. The highest BCUT2D eigenvalue weighted by molar-refractivity contribution is 5.46. The van der Waals surface area contributed by atoms with Crippen LogP contribution in [0.2, 0.25) is 0 Å². The van der Waals surface area contributed by atoms with Crippen LogP contribution in [0.15, 0.2) is 24.3 Å². The fourth-order valence-electron chi connectivity index (χ4n) is 2.60. The van der Waals surface area contributed by atoms with E-state index in [-0.39, 0.29) is 5.41 Å². The van der Waals surface area contributed by atoms with E-state index in [1.807, 2.05) is 0 Å². The number of likely N-dealkylation sites (N-methyl/N-ethyl adjacent to an activating group) is 1. The molecule has 0 radical (unpaired) electrons. The first-order valence-electron chi connectivity index (χ1n) is 6.93. The van der Waals surface area contributed by atoms with E-state index in [1.165, 1.54) is 17.7 Å². The molecule has 0 spiro atoms.